The molecule has 3 aromatic heterocycles. The normalized spacial score (nSPS) is 10.5. The minimum absolute atomic E-state index is 0.0763. The molecule has 0 unspecified atom stereocenters. The van der Waals surface area contributed by atoms with E-state index >= 15 is 0 Å². The van der Waals surface area contributed by atoms with E-state index in [2.05, 4.69) is 30.6 Å². The van der Waals surface area contributed by atoms with Crippen LogP contribution in [0.25, 0.3) is 0 Å². The molecule has 0 radical (unpaired) electrons. The standard InChI is InChI=1S/C12H11N7O2S2/c1-6-7(2)23-12(16-6)18-10-8(19(20)21)9(14-5-15-10)17-11-13-3-4-22-11/h3-5H,1-2H3,(H2,13,14,15,16,17,18). The quantitative estimate of drug-likeness (QED) is 0.531. The van der Waals surface area contributed by atoms with Gasteiger partial charge < -0.3 is 10.6 Å². The Morgan fingerprint density at radius 2 is 1.83 bits per heavy atom. The van der Waals surface area contributed by atoms with Gasteiger partial charge in [0.1, 0.15) is 6.33 Å². The SMILES string of the molecule is Cc1nc(Nc2ncnc(Nc3nccs3)c2[N+](=O)[O-])sc1C. The molecule has 118 valence electrons. The lowest BCUT2D eigenvalue weighted by Crippen LogP contribution is -2.05. The number of anilines is 4. The Morgan fingerprint density at radius 1 is 1.13 bits per heavy atom. The molecule has 11 heteroatoms. The van der Waals surface area contributed by atoms with Crippen molar-refractivity contribution in [3.8, 4) is 0 Å². The Labute approximate surface area is 138 Å². The lowest BCUT2D eigenvalue weighted by Gasteiger charge is -2.06. The summed E-state index contributed by atoms with van der Waals surface area (Å²) in [6.45, 7) is 3.81. The van der Waals surface area contributed by atoms with Crippen LogP contribution in [0.2, 0.25) is 0 Å². The number of nitrogens with one attached hydrogen (secondary N) is 2. The minimum Gasteiger partial charge on any atom is -0.310 e. The smallest absolute Gasteiger partial charge is 0.310 e. The van der Waals surface area contributed by atoms with Crippen LogP contribution in [0.15, 0.2) is 17.9 Å². The molecule has 0 atom stereocenters. The number of nitrogens with zero attached hydrogens (tertiary/aromatic N) is 5. The lowest BCUT2D eigenvalue weighted by molar-refractivity contribution is -0.383. The maximum Gasteiger partial charge on any atom is 0.354 e. The first-order valence-electron chi connectivity index (χ1n) is 6.41. The van der Waals surface area contributed by atoms with E-state index in [1.807, 2.05) is 13.8 Å². The Kier molecular flexibility index (Phi) is 4.12. The van der Waals surface area contributed by atoms with Crippen LogP contribution in [0.3, 0.4) is 0 Å². The van der Waals surface area contributed by atoms with Crippen molar-refractivity contribution in [3.05, 3.63) is 38.6 Å². The topological polar surface area (TPSA) is 119 Å². The van der Waals surface area contributed by atoms with Gasteiger partial charge in [0.15, 0.2) is 10.3 Å². The van der Waals surface area contributed by atoms with Gasteiger partial charge in [0.05, 0.1) is 10.6 Å². The van der Waals surface area contributed by atoms with Crippen LogP contribution in [0.1, 0.15) is 10.6 Å². The summed E-state index contributed by atoms with van der Waals surface area (Å²) in [6, 6.07) is 0. The molecule has 0 amide bonds. The van der Waals surface area contributed by atoms with Crippen LogP contribution in [0, 0.1) is 24.0 Å². The molecule has 0 aliphatic carbocycles. The van der Waals surface area contributed by atoms with E-state index in [9.17, 15) is 10.1 Å². The van der Waals surface area contributed by atoms with Crippen LogP contribution in [-0.4, -0.2) is 24.9 Å². The summed E-state index contributed by atoms with van der Waals surface area (Å²) in [4.78, 5) is 28.2. The molecule has 9 nitrogen and oxygen atoms in total. The molecule has 0 spiro atoms. The van der Waals surface area contributed by atoms with Gasteiger partial charge in [-0.15, -0.1) is 22.7 Å². The van der Waals surface area contributed by atoms with E-state index in [-0.39, 0.29) is 17.3 Å². The third kappa shape index (κ3) is 3.24. The van der Waals surface area contributed by atoms with E-state index in [4.69, 9.17) is 0 Å². The number of aromatic nitrogens is 4. The van der Waals surface area contributed by atoms with Crippen molar-refractivity contribution in [2.45, 2.75) is 13.8 Å². The predicted octanol–water partition coefficient (Wildman–Crippen LogP) is 3.40. The van der Waals surface area contributed by atoms with Gasteiger partial charge in [0.25, 0.3) is 0 Å². The Bertz CT molecular complexity index is 828. The predicted molar refractivity (Wildman–Crippen MR) is 89.0 cm³/mol. The fourth-order valence-electron chi connectivity index (χ4n) is 1.75. The van der Waals surface area contributed by atoms with Crippen molar-refractivity contribution in [2.75, 3.05) is 10.6 Å². The Balaban J connectivity index is 1.97. The van der Waals surface area contributed by atoms with Gasteiger partial charge in [-0.25, -0.2) is 19.9 Å². The number of nitro groups is 1. The summed E-state index contributed by atoms with van der Waals surface area (Å²) in [6.07, 6.45) is 2.85. The van der Waals surface area contributed by atoms with Crippen LogP contribution in [-0.2, 0) is 0 Å². The lowest BCUT2D eigenvalue weighted by atomic mass is 10.4. The second-order valence-corrected chi connectivity index (χ2v) is 6.52. The number of thiazole rings is 2. The molecule has 0 aliphatic heterocycles. The fourth-order valence-corrected chi connectivity index (χ4v) is 3.09. The van der Waals surface area contributed by atoms with Gasteiger partial charge in [-0.3, -0.25) is 10.1 Å². The summed E-state index contributed by atoms with van der Waals surface area (Å²) in [7, 11) is 0. The van der Waals surface area contributed by atoms with Gasteiger partial charge >= 0.3 is 5.69 Å². The molecule has 0 fully saturated rings. The second kappa shape index (κ2) is 6.22. The van der Waals surface area contributed by atoms with Crippen molar-refractivity contribution in [1.29, 1.82) is 0 Å². The maximum absolute atomic E-state index is 11.4. The van der Waals surface area contributed by atoms with Gasteiger partial charge in [-0.1, -0.05) is 0 Å². The van der Waals surface area contributed by atoms with Gasteiger partial charge in [-0.05, 0) is 13.8 Å². The monoisotopic (exact) mass is 349 g/mol. The van der Waals surface area contributed by atoms with Gasteiger partial charge in [0, 0.05) is 16.5 Å². The number of aryl methyl sites for hydroxylation is 2. The molecule has 0 aliphatic rings. The zero-order valence-electron chi connectivity index (χ0n) is 12.1. The van der Waals surface area contributed by atoms with E-state index in [1.54, 1.807) is 11.6 Å². The van der Waals surface area contributed by atoms with Crippen LogP contribution < -0.4 is 10.6 Å². The van der Waals surface area contributed by atoms with Gasteiger partial charge in [0.2, 0.25) is 11.6 Å². The first-order chi connectivity index (χ1) is 11.0. The number of hydrogen-bond donors (Lipinski definition) is 2. The third-order valence-electron chi connectivity index (χ3n) is 2.92. The highest BCUT2D eigenvalue weighted by Gasteiger charge is 2.24. The first-order valence-corrected chi connectivity index (χ1v) is 8.11. The molecule has 0 aromatic carbocycles. The summed E-state index contributed by atoms with van der Waals surface area (Å²) < 4.78 is 0. The van der Waals surface area contributed by atoms with Gasteiger partial charge in [-0.2, -0.15) is 0 Å². The molecular formula is C12H11N7O2S2. The molecule has 3 rings (SSSR count). The number of rotatable bonds is 5. The maximum atomic E-state index is 11.4. The molecule has 2 N–H and O–H groups in total. The Hall–Kier alpha value is -2.66. The highest BCUT2D eigenvalue weighted by molar-refractivity contribution is 7.15. The third-order valence-corrected chi connectivity index (χ3v) is 4.59. The molecule has 0 saturated heterocycles. The van der Waals surface area contributed by atoms with Crippen molar-refractivity contribution >= 4 is 50.3 Å². The highest BCUT2D eigenvalue weighted by atomic mass is 32.1. The summed E-state index contributed by atoms with van der Waals surface area (Å²) in [5.41, 5.74) is 0.614. The van der Waals surface area contributed by atoms with Crippen molar-refractivity contribution < 1.29 is 4.92 Å². The zero-order chi connectivity index (χ0) is 16.4. The molecule has 3 aromatic rings. The van der Waals surface area contributed by atoms with E-state index in [0.717, 1.165) is 10.6 Å². The summed E-state index contributed by atoms with van der Waals surface area (Å²) in [5, 5.41) is 20.0. The summed E-state index contributed by atoms with van der Waals surface area (Å²) in [5.74, 6) is 0.158. The molecular weight excluding hydrogens is 338 g/mol. The molecule has 0 bridgehead atoms. The van der Waals surface area contributed by atoms with E-state index < -0.39 is 4.92 Å². The van der Waals surface area contributed by atoms with Crippen LogP contribution in [0.5, 0.6) is 0 Å². The minimum atomic E-state index is -0.536. The largest absolute Gasteiger partial charge is 0.354 e. The highest BCUT2D eigenvalue weighted by Crippen LogP contribution is 2.34. The molecule has 0 saturated carbocycles. The van der Waals surface area contributed by atoms with Crippen molar-refractivity contribution in [1.82, 2.24) is 19.9 Å². The number of hydrogen-bond acceptors (Lipinski definition) is 10. The van der Waals surface area contributed by atoms with E-state index in [0.29, 0.717) is 10.3 Å². The van der Waals surface area contributed by atoms with Crippen molar-refractivity contribution in [3.63, 3.8) is 0 Å². The van der Waals surface area contributed by atoms with Crippen molar-refractivity contribution in [2.24, 2.45) is 0 Å². The fraction of sp³-hybridized carbons (Fsp3) is 0.167. The average molecular weight is 349 g/mol. The van der Waals surface area contributed by atoms with Crippen LogP contribution in [0.4, 0.5) is 27.6 Å². The zero-order valence-corrected chi connectivity index (χ0v) is 13.7. The van der Waals surface area contributed by atoms with E-state index in [1.165, 1.54) is 29.0 Å². The average Bonchev–Trinajstić information content (AvgIpc) is 3.09. The Morgan fingerprint density at radius 3 is 2.35 bits per heavy atom. The molecule has 23 heavy (non-hydrogen) atoms. The first kappa shape index (κ1) is 15.2. The summed E-state index contributed by atoms with van der Waals surface area (Å²) >= 11 is 2.72. The second-order valence-electron chi connectivity index (χ2n) is 4.42. The van der Waals surface area contributed by atoms with Crippen LogP contribution >= 0.6 is 22.7 Å². The molecule has 3 heterocycles.